The standard InChI is InChI=1S/C13H12FNO2/c1-15-8-10(7-12(15)13(16)17)6-9-2-4-11(14)5-3-9/h2-5,7-8H,6H2,1H3,(H,16,17). The summed E-state index contributed by atoms with van der Waals surface area (Å²) in [5, 5.41) is 8.91. The zero-order chi connectivity index (χ0) is 12.4. The Kier molecular flexibility index (Phi) is 2.95. The first-order chi connectivity index (χ1) is 8.06. The highest BCUT2D eigenvalue weighted by Gasteiger charge is 2.09. The molecule has 17 heavy (non-hydrogen) atoms. The molecule has 0 spiro atoms. The summed E-state index contributed by atoms with van der Waals surface area (Å²) in [5.41, 5.74) is 2.10. The molecule has 0 unspecified atom stereocenters. The van der Waals surface area contributed by atoms with Gasteiger partial charge in [-0.25, -0.2) is 9.18 Å². The molecule has 0 aliphatic carbocycles. The van der Waals surface area contributed by atoms with Crippen molar-refractivity contribution in [3.63, 3.8) is 0 Å². The summed E-state index contributed by atoms with van der Waals surface area (Å²) in [5.74, 6) is -1.22. The molecule has 4 heteroatoms. The van der Waals surface area contributed by atoms with Gasteiger partial charge < -0.3 is 9.67 Å². The van der Waals surface area contributed by atoms with Gasteiger partial charge in [0.1, 0.15) is 11.5 Å². The lowest BCUT2D eigenvalue weighted by Gasteiger charge is -1.98. The van der Waals surface area contributed by atoms with Crippen LogP contribution in [0.5, 0.6) is 0 Å². The van der Waals surface area contributed by atoms with Crippen molar-refractivity contribution in [3.8, 4) is 0 Å². The Hall–Kier alpha value is -2.10. The van der Waals surface area contributed by atoms with E-state index < -0.39 is 5.97 Å². The number of aryl methyl sites for hydroxylation is 1. The molecule has 3 nitrogen and oxygen atoms in total. The summed E-state index contributed by atoms with van der Waals surface area (Å²) >= 11 is 0. The molecule has 2 aromatic rings. The van der Waals surface area contributed by atoms with Crippen molar-refractivity contribution in [1.29, 1.82) is 0 Å². The van der Waals surface area contributed by atoms with Crippen LogP contribution in [0.2, 0.25) is 0 Å². The largest absolute Gasteiger partial charge is 0.477 e. The fourth-order valence-corrected chi connectivity index (χ4v) is 1.78. The molecule has 1 N–H and O–H groups in total. The summed E-state index contributed by atoms with van der Waals surface area (Å²) < 4.78 is 14.3. The van der Waals surface area contributed by atoms with Gasteiger partial charge in [-0.1, -0.05) is 12.1 Å². The molecule has 0 aliphatic rings. The van der Waals surface area contributed by atoms with Gasteiger partial charge in [0.25, 0.3) is 0 Å². The zero-order valence-corrected chi connectivity index (χ0v) is 9.35. The topological polar surface area (TPSA) is 42.2 Å². The molecule has 0 atom stereocenters. The maximum Gasteiger partial charge on any atom is 0.352 e. The molecular weight excluding hydrogens is 221 g/mol. The van der Waals surface area contributed by atoms with Crippen molar-refractivity contribution in [2.24, 2.45) is 7.05 Å². The number of carboxylic acids is 1. The highest BCUT2D eigenvalue weighted by Crippen LogP contribution is 2.13. The SMILES string of the molecule is Cn1cc(Cc2ccc(F)cc2)cc1C(=O)O. The average molecular weight is 233 g/mol. The molecule has 0 saturated carbocycles. The van der Waals surface area contributed by atoms with Crippen LogP contribution in [0.25, 0.3) is 0 Å². The quantitative estimate of drug-likeness (QED) is 0.884. The lowest BCUT2D eigenvalue weighted by molar-refractivity contribution is 0.0686. The maximum atomic E-state index is 12.7. The van der Waals surface area contributed by atoms with Crippen LogP contribution in [-0.4, -0.2) is 15.6 Å². The van der Waals surface area contributed by atoms with Gasteiger partial charge in [-0.15, -0.1) is 0 Å². The van der Waals surface area contributed by atoms with Crippen LogP contribution < -0.4 is 0 Å². The number of halogens is 1. The maximum absolute atomic E-state index is 12.7. The first-order valence-corrected chi connectivity index (χ1v) is 5.19. The summed E-state index contributed by atoms with van der Waals surface area (Å²) in [6, 6.07) is 7.82. The minimum absolute atomic E-state index is 0.252. The summed E-state index contributed by atoms with van der Waals surface area (Å²) in [4.78, 5) is 10.9. The van der Waals surface area contributed by atoms with E-state index in [0.717, 1.165) is 11.1 Å². The fraction of sp³-hybridized carbons (Fsp3) is 0.154. The summed E-state index contributed by atoms with van der Waals surface area (Å²) in [6.07, 6.45) is 2.37. The minimum atomic E-state index is -0.946. The third-order valence-electron chi connectivity index (χ3n) is 2.60. The first-order valence-electron chi connectivity index (χ1n) is 5.19. The lowest BCUT2D eigenvalue weighted by Crippen LogP contribution is -2.02. The van der Waals surface area contributed by atoms with Gasteiger partial charge in [0.05, 0.1) is 0 Å². The van der Waals surface area contributed by atoms with E-state index in [0.29, 0.717) is 6.42 Å². The highest BCUT2D eigenvalue weighted by atomic mass is 19.1. The number of hydrogen-bond donors (Lipinski definition) is 1. The highest BCUT2D eigenvalue weighted by molar-refractivity contribution is 5.86. The number of nitrogens with zero attached hydrogens (tertiary/aromatic N) is 1. The van der Waals surface area contributed by atoms with Crippen molar-refractivity contribution in [2.45, 2.75) is 6.42 Å². The van der Waals surface area contributed by atoms with Crippen molar-refractivity contribution < 1.29 is 14.3 Å². The van der Waals surface area contributed by atoms with Crippen LogP contribution in [-0.2, 0) is 13.5 Å². The predicted octanol–water partition coefficient (Wildman–Crippen LogP) is 2.45. The van der Waals surface area contributed by atoms with Crippen LogP contribution in [0.15, 0.2) is 36.5 Å². The normalized spacial score (nSPS) is 10.5. The second kappa shape index (κ2) is 4.41. The van der Waals surface area contributed by atoms with Gasteiger partial charge in [0.15, 0.2) is 0 Å². The molecule has 0 aliphatic heterocycles. The number of carbonyl (C=O) groups is 1. The van der Waals surface area contributed by atoms with Crippen LogP contribution in [0.1, 0.15) is 21.6 Å². The Morgan fingerprint density at radius 3 is 2.47 bits per heavy atom. The van der Waals surface area contributed by atoms with Crippen molar-refractivity contribution in [3.05, 3.63) is 59.2 Å². The Labute approximate surface area is 98.1 Å². The predicted molar refractivity (Wildman–Crippen MR) is 61.6 cm³/mol. The molecule has 0 amide bonds. The molecule has 1 heterocycles. The number of aromatic carboxylic acids is 1. The summed E-state index contributed by atoms with van der Waals surface area (Å²) in [6.45, 7) is 0. The van der Waals surface area contributed by atoms with Crippen LogP contribution in [0.4, 0.5) is 4.39 Å². The molecule has 88 valence electrons. The molecule has 0 saturated heterocycles. The first kappa shape index (κ1) is 11.4. The number of aromatic nitrogens is 1. The van der Waals surface area contributed by atoms with Gasteiger partial charge in [0, 0.05) is 13.2 Å². The van der Waals surface area contributed by atoms with Crippen molar-refractivity contribution in [1.82, 2.24) is 4.57 Å². The van der Waals surface area contributed by atoms with Crippen LogP contribution in [0, 0.1) is 5.82 Å². The Bertz CT molecular complexity index is 543. The van der Waals surface area contributed by atoms with Gasteiger partial charge in [0.2, 0.25) is 0 Å². The summed E-state index contributed by atoms with van der Waals surface area (Å²) in [7, 11) is 1.69. The molecule has 1 aromatic carbocycles. The number of carboxylic acid groups (broad SMARTS) is 1. The lowest BCUT2D eigenvalue weighted by atomic mass is 10.1. The van der Waals surface area contributed by atoms with E-state index in [1.807, 2.05) is 0 Å². The van der Waals surface area contributed by atoms with E-state index in [4.69, 9.17) is 5.11 Å². The molecular formula is C13H12FNO2. The van der Waals surface area contributed by atoms with Gasteiger partial charge in [-0.3, -0.25) is 0 Å². The third-order valence-corrected chi connectivity index (χ3v) is 2.60. The van der Waals surface area contributed by atoms with Gasteiger partial charge >= 0.3 is 5.97 Å². The Morgan fingerprint density at radius 2 is 1.94 bits per heavy atom. The van der Waals surface area contributed by atoms with E-state index in [9.17, 15) is 9.18 Å². The van der Waals surface area contributed by atoms with E-state index >= 15 is 0 Å². The Morgan fingerprint density at radius 1 is 1.29 bits per heavy atom. The van der Waals surface area contributed by atoms with Crippen molar-refractivity contribution >= 4 is 5.97 Å². The number of benzene rings is 1. The van der Waals surface area contributed by atoms with Gasteiger partial charge in [-0.05, 0) is 35.7 Å². The molecule has 0 radical (unpaired) electrons. The average Bonchev–Trinajstić information content (AvgIpc) is 2.63. The van der Waals surface area contributed by atoms with Gasteiger partial charge in [-0.2, -0.15) is 0 Å². The molecule has 0 fully saturated rings. The second-order valence-corrected chi connectivity index (χ2v) is 3.95. The fourth-order valence-electron chi connectivity index (χ4n) is 1.78. The van der Waals surface area contributed by atoms with Crippen molar-refractivity contribution in [2.75, 3.05) is 0 Å². The Balaban J connectivity index is 2.22. The zero-order valence-electron chi connectivity index (χ0n) is 9.35. The third kappa shape index (κ3) is 2.53. The van der Waals surface area contributed by atoms with Crippen LogP contribution >= 0.6 is 0 Å². The van der Waals surface area contributed by atoms with E-state index in [2.05, 4.69) is 0 Å². The van der Waals surface area contributed by atoms with E-state index in [1.165, 1.54) is 12.1 Å². The molecule has 0 bridgehead atoms. The monoisotopic (exact) mass is 233 g/mol. The van der Waals surface area contributed by atoms with Crippen LogP contribution in [0.3, 0.4) is 0 Å². The smallest absolute Gasteiger partial charge is 0.352 e. The second-order valence-electron chi connectivity index (χ2n) is 3.95. The van der Waals surface area contributed by atoms with E-state index in [1.54, 1.807) is 36.0 Å². The number of hydrogen-bond acceptors (Lipinski definition) is 1. The molecule has 2 rings (SSSR count). The van der Waals surface area contributed by atoms with E-state index in [-0.39, 0.29) is 11.5 Å². The molecule has 1 aromatic heterocycles. The minimum Gasteiger partial charge on any atom is -0.477 e. The number of rotatable bonds is 3.